The molecule has 1 N–H and O–H groups in total. The second-order valence-electron chi connectivity index (χ2n) is 6.06. The standard InChI is InChI=1S/C21H19ClN2O5S/c1-3-19-23-24-21(29-19)30-18(20(25)26)11-14-6-9-16(17(10-14)27-2)28-12-13-4-7-15(22)8-5-13/h4-11H,3,12H2,1-2H3,(H,25,26)/b18-11-. The van der Waals surface area contributed by atoms with Gasteiger partial charge in [-0.15, -0.1) is 10.2 Å². The molecule has 1 heterocycles. The Balaban J connectivity index is 1.77. The van der Waals surface area contributed by atoms with Gasteiger partial charge in [-0.3, -0.25) is 0 Å². The molecule has 9 heteroatoms. The van der Waals surface area contributed by atoms with E-state index in [-0.39, 0.29) is 10.1 Å². The minimum absolute atomic E-state index is 0.0400. The molecule has 3 rings (SSSR count). The summed E-state index contributed by atoms with van der Waals surface area (Å²) < 4.78 is 16.6. The first-order chi connectivity index (χ1) is 14.5. The van der Waals surface area contributed by atoms with Crippen molar-refractivity contribution in [3.63, 3.8) is 0 Å². The van der Waals surface area contributed by atoms with Gasteiger partial charge in [0.05, 0.1) is 7.11 Å². The van der Waals surface area contributed by atoms with Gasteiger partial charge < -0.3 is 19.0 Å². The van der Waals surface area contributed by atoms with E-state index in [1.54, 1.807) is 30.3 Å². The molecule has 1 aromatic heterocycles. The van der Waals surface area contributed by atoms with Crippen LogP contribution in [0.4, 0.5) is 0 Å². The summed E-state index contributed by atoms with van der Waals surface area (Å²) in [5, 5.41) is 18.0. The van der Waals surface area contributed by atoms with Crippen LogP contribution in [0.15, 0.2) is 57.0 Å². The number of carbonyl (C=O) groups is 1. The molecular formula is C21H19ClN2O5S. The SMILES string of the molecule is CCc1nnc(S/C(=C\c2ccc(OCc3ccc(Cl)cc3)c(OC)c2)C(=O)O)o1. The molecule has 7 nitrogen and oxygen atoms in total. The highest BCUT2D eigenvalue weighted by Gasteiger charge is 2.15. The lowest BCUT2D eigenvalue weighted by Gasteiger charge is -2.12. The Morgan fingerprint density at radius 3 is 2.60 bits per heavy atom. The predicted octanol–water partition coefficient (Wildman–Crippen LogP) is 5.09. The molecule has 0 aliphatic rings. The van der Waals surface area contributed by atoms with Gasteiger partial charge in [0, 0.05) is 11.4 Å². The van der Waals surface area contributed by atoms with Crippen LogP contribution in [0.1, 0.15) is 23.9 Å². The minimum atomic E-state index is -1.10. The highest BCUT2D eigenvalue weighted by Crippen LogP contribution is 2.32. The van der Waals surface area contributed by atoms with Crippen molar-refractivity contribution in [2.75, 3.05) is 7.11 Å². The summed E-state index contributed by atoms with van der Waals surface area (Å²) >= 11 is 6.79. The van der Waals surface area contributed by atoms with Gasteiger partial charge in [0.15, 0.2) is 11.5 Å². The number of methoxy groups -OCH3 is 1. The van der Waals surface area contributed by atoms with E-state index in [9.17, 15) is 9.90 Å². The van der Waals surface area contributed by atoms with Crippen LogP contribution in [0.3, 0.4) is 0 Å². The van der Waals surface area contributed by atoms with E-state index in [1.165, 1.54) is 13.2 Å². The monoisotopic (exact) mass is 446 g/mol. The topological polar surface area (TPSA) is 94.7 Å². The Morgan fingerprint density at radius 1 is 1.20 bits per heavy atom. The normalized spacial score (nSPS) is 11.4. The molecule has 0 bridgehead atoms. The van der Waals surface area contributed by atoms with Crippen LogP contribution in [0.2, 0.25) is 5.02 Å². The number of aromatic nitrogens is 2. The van der Waals surface area contributed by atoms with Crippen molar-refractivity contribution in [3.8, 4) is 11.5 Å². The van der Waals surface area contributed by atoms with E-state index < -0.39 is 5.97 Å². The fourth-order valence-corrected chi connectivity index (χ4v) is 3.25. The molecule has 0 spiro atoms. The fraction of sp³-hybridized carbons (Fsp3) is 0.190. The summed E-state index contributed by atoms with van der Waals surface area (Å²) in [5.41, 5.74) is 1.59. The second-order valence-corrected chi connectivity index (χ2v) is 7.49. The predicted molar refractivity (Wildman–Crippen MR) is 114 cm³/mol. The molecule has 0 radical (unpaired) electrons. The average molecular weight is 447 g/mol. The maximum atomic E-state index is 11.6. The van der Waals surface area contributed by atoms with E-state index in [4.69, 9.17) is 25.5 Å². The molecule has 0 saturated carbocycles. The van der Waals surface area contributed by atoms with Crippen LogP contribution in [-0.2, 0) is 17.8 Å². The van der Waals surface area contributed by atoms with Crippen molar-refractivity contribution in [3.05, 3.63) is 69.4 Å². The van der Waals surface area contributed by atoms with E-state index in [1.807, 2.05) is 19.1 Å². The van der Waals surface area contributed by atoms with Crippen molar-refractivity contribution in [1.82, 2.24) is 10.2 Å². The first-order valence-corrected chi connectivity index (χ1v) is 10.2. The van der Waals surface area contributed by atoms with Gasteiger partial charge in [-0.05, 0) is 53.2 Å². The number of benzene rings is 2. The number of ether oxygens (including phenoxy) is 2. The number of aliphatic carboxylic acids is 1. The quantitative estimate of drug-likeness (QED) is 0.358. The number of carboxylic acids is 1. The van der Waals surface area contributed by atoms with Gasteiger partial charge in [-0.25, -0.2) is 4.79 Å². The van der Waals surface area contributed by atoms with E-state index in [2.05, 4.69) is 10.2 Å². The number of thioether (sulfide) groups is 1. The highest BCUT2D eigenvalue weighted by molar-refractivity contribution is 8.03. The summed E-state index contributed by atoms with van der Waals surface area (Å²) in [4.78, 5) is 11.7. The third-order valence-corrected chi connectivity index (χ3v) is 5.06. The second kappa shape index (κ2) is 10.2. The van der Waals surface area contributed by atoms with Gasteiger partial charge in [0.25, 0.3) is 5.22 Å². The van der Waals surface area contributed by atoms with Crippen LogP contribution < -0.4 is 9.47 Å². The van der Waals surface area contributed by atoms with Crippen LogP contribution in [0, 0.1) is 0 Å². The molecular weight excluding hydrogens is 428 g/mol. The summed E-state index contributed by atoms with van der Waals surface area (Å²) in [5.74, 6) is 0.376. The Labute approximate surface area is 182 Å². The van der Waals surface area contributed by atoms with Crippen LogP contribution in [-0.4, -0.2) is 28.4 Å². The lowest BCUT2D eigenvalue weighted by Crippen LogP contribution is -1.99. The summed E-state index contributed by atoms with van der Waals surface area (Å²) in [6.07, 6.45) is 2.09. The van der Waals surface area contributed by atoms with E-state index in [0.717, 1.165) is 17.3 Å². The number of hydrogen-bond acceptors (Lipinski definition) is 7. The highest BCUT2D eigenvalue weighted by atomic mass is 35.5. The first-order valence-electron chi connectivity index (χ1n) is 8.99. The maximum Gasteiger partial charge on any atom is 0.342 e. The molecule has 0 amide bonds. The third kappa shape index (κ3) is 5.77. The molecule has 0 atom stereocenters. The Bertz CT molecular complexity index is 1050. The Kier molecular flexibility index (Phi) is 7.37. The zero-order chi connectivity index (χ0) is 21.5. The number of aryl methyl sites for hydroxylation is 1. The van der Waals surface area contributed by atoms with Crippen molar-refractivity contribution >= 4 is 35.4 Å². The van der Waals surface area contributed by atoms with Crippen molar-refractivity contribution in [2.45, 2.75) is 25.2 Å². The smallest absolute Gasteiger partial charge is 0.342 e. The lowest BCUT2D eigenvalue weighted by atomic mass is 10.2. The van der Waals surface area contributed by atoms with E-state index >= 15 is 0 Å². The van der Waals surface area contributed by atoms with Crippen molar-refractivity contribution in [2.24, 2.45) is 0 Å². The lowest BCUT2D eigenvalue weighted by molar-refractivity contribution is -0.131. The Hall–Kier alpha value is -2.97. The molecule has 0 unspecified atom stereocenters. The molecule has 30 heavy (non-hydrogen) atoms. The number of hydrogen-bond donors (Lipinski definition) is 1. The van der Waals surface area contributed by atoms with Gasteiger partial charge in [-0.1, -0.05) is 36.7 Å². The fourth-order valence-electron chi connectivity index (χ4n) is 2.44. The molecule has 3 aromatic rings. The zero-order valence-corrected chi connectivity index (χ0v) is 17.9. The van der Waals surface area contributed by atoms with E-state index in [0.29, 0.717) is 41.0 Å². The third-order valence-electron chi connectivity index (χ3n) is 3.95. The van der Waals surface area contributed by atoms with Gasteiger partial charge in [-0.2, -0.15) is 0 Å². The summed E-state index contributed by atoms with van der Waals surface area (Å²) in [7, 11) is 1.52. The minimum Gasteiger partial charge on any atom is -0.493 e. The Morgan fingerprint density at radius 2 is 1.97 bits per heavy atom. The molecule has 0 aliphatic carbocycles. The van der Waals surface area contributed by atoms with Crippen molar-refractivity contribution < 1.29 is 23.8 Å². The molecule has 156 valence electrons. The largest absolute Gasteiger partial charge is 0.493 e. The average Bonchev–Trinajstić information content (AvgIpc) is 3.21. The number of nitrogens with zero attached hydrogens (tertiary/aromatic N) is 2. The first kappa shape index (κ1) is 21.7. The molecule has 0 saturated heterocycles. The number of rotatable bonds is 9. The van der Waals surface area contributed by atoms with Crippen LogP contribution >= 0.6 is 23.4 Å². The molecule has 0 fully saturated rings. The maximum absolute atomic E-state index is 11.6. The molecule has 0 aliphatic heterocycles. The van der Waals surface area contributed by atoms with Gasteiger partial charge in [0.1, 0.15) is 11.5 Å². The van der Waals surface area contributed by atoms with Gasteiger partial charge in [0.2, 0.25) is 5.89 Å². The summed E-state index contributed by atoms with van der Waals surface area (Å²) in [6.45, 7) is 2.22. The molecule has 2 aromatic carbocycles. The summed E-state index contributed by atoms with van der Waals surface area (Å²) in [6, 6.07) is 12.5. The van der Waals surface area contributed by atoms with Gasteiger partial charge >= 0.3 is 5.97 Å². The van der Waals surface area contributed by atoms with Crippen LogP contribution in [0.25, 0.3) is 6.08 Å². The van der Waals surface area contributed by atoms with Crippen LogP contribution in [0.5, 0.6) is 11.5 Å². The number of halogens is 1. The van der Waals surface area contributed by atoms with Crippen molar-refractivity contribution in [1.29, 1.82) is 0 Å². The number of carboxylic acid groups (broad SMARTS) is 1. The zero-order valence-electron chi connectivity index (χ0n) is 16.3.